The molecule has 0 saturated carbocycles. The van der Waals surface area contributed by atoms with E-state index < -0.39 is 24.4 Å². The van der Waals surface area contributed by atoms with Crippen molar-refractivity contribution in [1.29, 1.82) is 0 Å². The molecule has 96 valence electrons. The molecule has 7 heteroatoms. The van der Waals surface area contributed by atoms with E-state index in [1.807, 2.05) is 0 Å². The molecule has 0 bridgehead atoms. The number of rotatable bonds is 7. The van der Waals surface area contributed by atoms with Gasteiger partial charge >= 0.3 is 12.1 Å². The zero-order valence-corrected chi connectivity index (χ0v) is 9.08. The van der Waals surface area contributed by atoms with Gasteiger partial charge in [0, 0.05) is 13.0 Å². The van der Waals surface area contributed by atoms with Gasteiger partial charge in [0.15, 0.2) is 12.2 Å². The first-order valence-electron chi connectivity index (χ1n) is 4.81. The van der Waals surface area contributed by atoms with Crippen LogP contribution in [0.5, 0.6) is 0 Å². The molecule has 0 aliphatic heterocycles. The van der Waals surface area contributed by atoms with E-state index in [-0.39, 0.29) is 19.6 Å². The molecule has 0 aromatic carbocycles. The molecule has 0 spiro atoms. The number of carbonyl (C=O) groups is 1. The van der Waals surface area contributed by atoms with Crippen LogP contribution < -0.4 is 0 Å². The van der Waals surface area contributed by atoms with E-state index in [9.17, 15) is 18.0 Å². The summed E-state index contributed by atoms with van der Waals surface area (Å²) in [6.45, 7) is 2.36. The molecule has 0 aliphatic rings. The minimum atomic E-state index is -4.43. The van der Waals surface area contributed by atoms with Gasteiger partial charge in [-0.1, -0.05) is 0 Å². The van der Waals surface area contributed by atoms with E-state index in [4.69, 9.17) is 9.84 Å². The monoisotopic (exact) mass is 244 g/mol. The molecule has 0 fully saturated rings. The summed E-state index contributed by atoms with van der Waals surface area (Å²) in [6.07, 6.45) is -7.55. The van der Waals surface area contributed by atoms with Crippen molar-refractivity contribution in [2.75, 3.05) is 13.2 Å². The Morgan fingerprint density at radius 3 is 2.31 bits per heavy atom. The summed E-state index contributed by atoms with van der Waals surface area (Å²) >= 11 is 0. The van der Waals surface area contributed by atoms with Gasteiger partial charge in [0.1, 0.15) is 0 Å². The minimum absolute atomic E-state index is 0.108. The van der Waals surface area contributed by atoms with Gasteiger partial charge in [0.25, 0.3) is 0 Å². The summed E-state index contributed by atoms with van der Waals surface area (Å²) < 4.78 is 45.3. The highest BCUT2D eigenvalue weighted by Crippen LogP contribution is 2.22. The molecular formula is C9H15F3O4. The first-order chi connectivity index (χ1) is 7.29. The van der Waals surface area contributed by atoms with Crippen molar-refractivity contribution in [2.45, 2.75) is 38.7 Å². The Bertz CT molecular complexity index is 217. The number of aliphatic carboxylic acids is 1. The molecule has 0 radical (unpaired) electrons. The summed E-state index contributed by atoms with van der Waals surface area (Å²) in [5.74, 6) is -1.20. The lowest BCUT2D eigenvalue weighted by atomic mass is 10.2. The average Bonchev–Trinajstić information content (AvgIpc) is 2.14. The maximum atomic E-state index is 12.0. The van der Waals surface area contributed by atoms with Gasteiger partial charge < -0.3 is 14.6 Å². The smallest absolute Gasteiger partial charge is 0.414 e. The van der Waals surface area contributed by atoms with Gasteiger partial charge in [-0.3, -0.25) is 0 Å². The standard InChI is InChI=1S/C9H15F3O4/c1-3-15-7(8(13)14)4-5-16-6(2)9(10,11)12/h6-7H,3-5H2,1-2H3,(H,13,14). The summed E-state index contributed by atoms with van der Waals surface area (Å²) in [7, 11) is 0. The molecule has 2 unspecified atom stereocenters. The number of carboxylic acid groups (broad SMARTS) is 1. The van der Waals surface area contributed by atoms with Crippen LogP contribution in [0.3, 0.4) is 0 Å². The lowest BCUT2D eigenvalue weighted by molar-refractivity contribution is -0.215. The SMILES string of the molecule is CCOC(CCOC(C)C(F)(F)F)C(=O)O. The van der Waals surface area contributed by atoms with Gasteiger partial charge in [-0.15, -0.1) is 0 Å². The van der Waals surface area contributed by atoms with Crippen molar-refractivity contribution < 1.29 is 32.5 Å². The molecule has 0 saturated heterocycles. The van der Waals surface area contributed by atoms with Gasteiger partial charge in [0.2, 0.25) is 0 Å². The van der Waals surface area contributed by atoms with Gasteiger partial charge in [0.05, 0.1) is 6.61 Å². The average molecular weight is 244 g/mol. The molecule has 0 aliphatic carbocycles. The zero-order chi connectivity index (χ0) is 12.8. The van der Waals surface area contributed by atoms with Gasteiger partial charge in [-0.25, -0.2) is 4.79 Å². The van der Waals surface area contributed by atoms with E-state index in [2.05, 4.69) is 4.74 Å². The second-order valence-electron chi connectivity index (χ2n) is 3.13. The fraction of sp³-hybridized carbons (Fsp3) is 0.889. The fourth-order valence-corrected chi connectivity index (χ4v) is 0.926. The van der Waals surface area contributed by atoms with E-state index in [1.165, 1.54) is 0 Å². The minimum Gasteiger partial charge on any atom is -0.479 e. The van der Waals surface area contributed by atoms with Crippen LogP contribution >= 0.6 is 0 Å². The fourth-order valence-electron chi connectivity index (χ4n) is 0.926. The molecular weight excluding hydrogens is 229 g/mol. The molecule has 2 atom stereocenters. The van der Waals surface area contributed by atoms with Crippen LogP contribution in [-0.4, -0.2) is 42.7 Å². The van der Waals surface area contributed by atoms with Crippen molar-refractivity contribution in [3.63, 3.8) is 0 Å². The van der Waals surface area contributed by atoms with Crippen molar-refractivity contribution in [1.82, 2.24) is 0 Å². The highest BCUT2D eigenvalue weighted by molar-refractivity contribution is 5.72. The van der Waals surface area contributed by atoms with Crippen molar-refractivity contribution >= 4 is 5.97 Å². The van der Waals surface area contributed by atoms with Crippen LogP contribution in [0.1, 0.15) is 20.3 Å². The second kappa shape index (κ2) is 6.70. The number of hydrogen-bond donors (Lipinski definition) is 1. The van der Waals surface area contributed by atoms with Crippen LogP contribution in [-0.2, 0) is 14.3 Å². The van der Waals surface area contributed by atoms with Crippen molar-refractivity contribution in [3.8, 4) is 0 Å². The lowest BCUT2D eigenvalue weighted by Crippen LogP contribution is -2.31. The first-order valence-corrected chi connectivity index (χ1v) is 4.81. The predicted octanol–water partition coefficient (Wildman–Crippen LogP) is 1.83. The van der Waals surface area contributed by atoms with Gasteiger partial charge in [-0.05, 0) is 13.8 Å². The number of hydrogen-bond acceptors (Lipinski definition) is 3. The molecule has 1 N–H and O–H groups in total. The van der Waals surface area contributed by atoms with Crippen LogP contribution in [0.2, 0.25) is 0 Å². The molecule has 4 nitrogen and oxygen atoms in total. The van der Waals surface area contributed by atoms with E-state index in [1.54, 1.807) is 6.92 Å². The Kier molecular flexibility index (Phi) is 6.35. The summed E-state index contributed by atoms with van der Waals surface area (Å²) in [5.41, 5.74) is 0. The Morgan fingerprint density at radius 2 is 1.94 bits per heavy atom. The molecule has 0 amide bonds. The third kappa shape index (κ3) is 5.92. The van der Waals surface area contributed by atoms with Crippen LogP contribution in [0, 0.1) is 0 Å². The first kappa shape index (κ1) is 15.2. The normalized spacial score (nSPS) is 15.8. The maximum absolute atomic E-state index is 12.0. The zero-order valence-electron chi connectivity index (χ0n) is 9.08. The highest BCUT2D eigenvalue weighted by Gasteiger charge is 2.37. The van der Waals surface area contributed by atoms with Crippen LogP contribution in [0.4, 0.5) is 13.2 Å². The maximum Gasteiger partial charge on any atom is 0.414 e. The highest BCUT2D eigenvalue weighted by atomic mass is 19.4. The third-order valence-electron chi connectivity index (χ3n) is 1.85. The van der Waals surface area contributed by atoms with Gasteiger partial charge in [-0.2, -0.15) is 13.2 Å². The van der Waals surface area contributed by atoms with Crippen LogP contribution in [0.15, 0.2) is 0 Å². The molecule has 0 aromatic rings. The third-order valence-corrected chi connectivity index (χ3v) is 1.85. The number of alkyl halides is 3. The Balaban J connectivity index is 3.91. The Hall–Kier alpha value is -0.820. The number of ether oxygens (including phenoxy) is 2. The van der Waals surface area contributed by atoms with Crippen molar-refractivity contribution in [3.05, 3.63) is 0 Å². The number of halogens is 3. The summed E-state index contributed by atoms with van der Waals surface area (Å²) in [5, 5.41) is 8.63. The molecule has 0 aromatic heterocycles. The second-order valence-corrected chi connectivity index (χ2v) is 3.13. The summed E-state index contributed by atoms with van der Waals surface area (Å²) in [4.78, 5) is 10.6. The van der Waals surface area contributed by atoms with Crippen molar-refractivity contribution in [2.24, 2.45) is 0 Å². The van der Waals surface area contributed by atoms with E-state index in [0.29, 0.717) is 0 Å². The predicted molar refractivity (Wildman–Crippen MR) is 49.1 cm³/mol. The summed E-state index contributed by atoms with van der Waals surface area (Å²) in [6, 6.07) is 0. The molecule has 0 heterocycles. The topological polar surface area (TPSA) is 55.8 Å². The Morgan fingerprint density at radius 1 is 1.38 bits per heavy atom. The quantitative estimate of drug-likeness (QED) is 0.742. The molecule has 0 rings (SSSR count). The van der Waals surface area contributed by atoms with E-state index >= 15 is 0 Å². The van der Waals surface area contributed by atoms with E-state index in [0.717, 1.165) is 6.92 Å². The molecule has 16 heavy (non-hydrogen) atoms. The largest absolute Gasteiger partial charge is 0.479 e. The van der Waals surface area contributed by atoms with Crippen LogP contribution in [0.25, 0.3) is 0 Å². The lowest BCUT2D eigenvalue weighted by Gasteiger charge is -2.18. The Labute approximate surface area is 91.3 Å². The number of carboxylic acids is 1.